The molecule has 1 aromatic heterocycles. The zero-order valence-corrected chi connectivity index (χ0v) is 11.9. The number of carboxylic acids is 1. The van der Waals surface area contributed by atoms with E-state index in [1.807, 2.05) is 29.8 Å². The number of fused-ring (bicyclic) bond motifs is 1. The molecule has 0 amide bonds. The average molecular weight is 261 g/mol. The van der Waals surface area contributed by atoms with E-state index in [4.69, 9.17) is 0 Å². The van der Waals surface area contributed by atoms with Gasteiger partial charge in [-0.2, -0.15) is 0 Å². The number of imidazole rings is 1. The van der Waals surface area contributed by atoms with Gasteiger partial charge in [-0.15, -0.1) is 0 Å². The van der Waals surface area contributed by atoms with E-state index in [9.17, 15) is 9.90 Å². The summed E-state index contributed by atoms with van der Waals surface area (Å²) < 4.78 is 1.96. The van der Waals surface area contributed by atoms with Crippen LogP contribution in [0.1, 0.15) is 37.0 Å². The van der Waals surface area contributed by atoms with E-state index in [1.165, 1.54) is 0 Å². The summed E-state index contributed by atoms with van der Waals surface area (Å²) in [7, 11) is 3.84. The molecule has 0 fully saturated rings. The zero-order chi connectivity index (χ0) is 14.4. The Hall–Kier alpha value is -2.04. The molecule has 0 aliphatic heterocycles. The Morgan fingerprint density at radius 3 is 2.42 bits per heavy atom. The lowest BCUT2D eigenvalue weighted by atomic mass is 9.96. The normalized spacial score (nSPS) is 11.8. The number of aromatic nitrogens is 2. The SMILES string of the molecule is CN(C)n1c(C(C)(C)C)nc2c(C(=O)O)cccc21. The van der Waals surface area contributed by atoms with Gasteiger partial charge in [-0.1, -0.05) is 26.8 Å². The molecule has 1 heterocycles. The first-order valence-electron chi connectivity index (χ1n) is 6.16. The molecule has 0 radical (unpaired) electrons. The fraction of sp³-hybridized carbons (Fsp3) is 0.429. The van der Waals surface area contributed by atoms with Crippen LogP contribution in [-0.2, 0) is 5.41 Å². The van der Waals surface area contributed by atoms with Gasteiger partial charge in [0.15, 0.2) is 0 Å². The summed E-state index contributed by atoms with van der Waals surface area (Å²) in [6, 6.07) is 5.23. The number of benzene rings is 1. The Kier molecular flexibility index (Phi) is 3.00. The molecule has 5 heteroatoms. The summed E-state index contributed by atoms with van der Waals surface area (Å²) in [5, 5.41) is 11.2. The van der Waals surface area contributed by atoms with Gasteiger partial charge in [-0.3, -0.25) is 0 Å². The second-order valence-corrected chi connectivity index (χ2v) is 5.82. The molecule has 1 N–H and O–H groups in total. The lowest BCUT2D eigenvalue weighted by Crippen LogP contribution is -2.31. The fourth-order valence-electron chi connectivity index (χ4n) is 2.15. The molecule has 0 unspecified atom stereocenters. The Morgan fingerprint density at radius 1 is 1.32 bits per heavy atom. The van der Waals surface area contributed by atoms with Crippen molar-refractivity contribution >= 4 is 17.0 Å². The van der Waals surface area contributed by atoms with Gasteiger partial charge in [0.1, 0.15) is 11.3 Å². The molecule has 2 rings (SSSR count). The van der Waals surface area contributed by atoms with Crippen molar-refractivity contribution in [1.82, 2.24) is 9.66 Å². The minimum atomic E-state index is -0.950. The first-order chi connectivity index (χ1) is 8.73. The molecule has 0 spiro atoms. The minimum absolute atomic E-state index is 0.168. The first-order valence-corrected chi connectivity index (χ1v) is 6.16. The summed E-state index contributed by atoms with van der Waals surface area (Å²) in [6.07, 6.45) is 0. The molecule has 0 atom stereocenters. The van der Waals surface area contributed by atoms with Crippen molar-refractivity contribution in [3.05, 3.63) is 29.6 Å². The molecule has 2 aromatic rings. The quantitative estimate of drug-likeness (QED) is 0.900. The molecule has 0 aliphatic rings. The van der Waals surface area contributed by atoms with Crippen molar-refractivity contribution in [2.45, 2.75) is 26.2 Å². The van der Waals surface area contributed by atoms with Crippen molar-refractivity contribution < 1.29 is 9.90 Å². The number of nitrogens with zero attached hydrogens (tertiary/aromatic N) is 3. The van der Waals surface area contributed by atoms with Crippen molar-refractivity contribution in [3.63, 3.8) is 0 Å². The van der Waals surface area contributed by atoms with Crippen LogP contribution in [0, 0.1) is 0 Å². The van der Waals surface area contributed by atoms with Crippen LogP contribution in [0.2, 0.25) is 0 Å². The summed E-state index contributed by atoms with van der Waals surface area (Å²) in [5.74, 6) is -0.101. The van der Waals surface area contributed by atoms with Crippen LogP contribution in [0.15, 0.2) is 18.2 Å². The maximum Gasteiger partial charge on any atom is 0.337 e. The maximum atomic E-state index is 11.3. The number of para-hydroxylation sites is 1. The third-order valence-corrected chi connectivity index (χ3v) is 2.96. The van der Waals surface area contributed by atoms with Gasteiger partial charge >= 0.3 is 5.97 Å². The molecule has 0 saturated heterocycles. The number of aromatic carboxylic acids is 1. The van der Waals surface area contributed by atoms with Gasteiger partial charge in [-0.25, -0.2) is 14.5 Å². The van der Waals surface area contributed by atoms with Gasteiger partial charge in [0.05, 0.1) is 11.1 Å². The fourth-order valence-corrected chi connectivity index (χ4v) is 2.15. The predicted octanol–water partition coefficient (Wildman–Crippen LogP) is 2.23. The first kappa shape index (κ1) is 13.4. The van der Waals surface area contributed by atoms with E-state index in [-0.39, 0.29) is 11.0 Å². The summed E-state index contributed by atoms with van der Waals surface area (Å²) in [4.78, 5) is 15.9. The van der Waals surface area contributed by atoms with Crippen LogP contribution < -0.4 is 5.01 Å². The molecular formula is C14H19N3O2. The predicted molar refractivity (Wildman–Crippen MR) is 75.5 cm³/mol. The third-order valence-electron chi connectivity index (χ3n) is 2.96. The average Bonchev–Trinajstić information content (AvgIpc) is 2.66. The van der Waals surface area contributed by atoms with Crippen molar-refractivity contribution in [1.29, 1.82) is 0 Å². The van der Waals surface area contributed by atoms with Crippen LogP contribution in [0.5, 0.6) is 0 Å². The largest absolute Gasteiger partial charge is 0.478 e. The molecule has 1 aromatic carbocycles. The highest BCUT2D eigenvalue weighted by Crippen LogP contribution is 2.27. The van der Waals surface area contributed by atoms with Crippen molar-refractivity contribution in [2.75, 3.05) is 19.1 Å². The van der Waals surface area contributed by atoms with E-state index >= 15 is 0 Å². The Bertz CT molecular complexity index is 636. The third kappa shape index (κ3) is 2.16. The van der Waals surface area contributed by atoms with E-state index in [2.05, 4.69) is 25.8 Å². The highest BCUT2D eigenvalue weighted by atomic mass is 16.4. The van der Waals surface area contributed by atoms with Crippen LogP contribution in [0.4, 0.5) is 0 Å². The topological polar surface area (TPSA) is 58.4 Å². The van der Waals surface area contributed by atoms with Crippen LogP contribution in [0.3, 0.4) is 0 Å². The molecule has 0 aliphatic carbocycles. The Morgan fingerprint density at radius 2 is 1.95 bits per heavy atom. The van der Waals surface area contributed by atoms with E-state index in [0.717, 1.165) is 11.3 Å². The minimum Gasteiger partial charge on any atom is -0.478 e. The molecule has 0 saturated carbocycles. The van der Waals surface area contributed by atoms with E-state index in [0.29, 0.717) is 5.52 Å². The maximum absolute atomic E-state index is 11.3. The number of rotatable bonds is 2. The summed E-state index contributed by atoms with van der Waals surface area (Å²) >= 11 is 0. The molecule has 19 heavy (non-hydrogen) atoms. The number of carbonyl (C=O) groups is 1. The van der Waals surface area contributed by atoms with Gasteiger partial charge < -0.3 is 10.1 Å². The smallest absolute Gasteiger partial charge is 0.337 e. The van der Waals surface area contributed by atoms with E-state index < -0.39 is 5.97 Å². The van der Waals surface area contributed by atoms with Gasteiger partial charge in [0, 0.05) is 19.5 Å². The number of carboxylic acid groups (broad SMARTS) is 1. The molecular weight excluding hydrogens is 242 g/mol. The molecule has 5 nitrogen and oxygen atoms in total. The second kappa shape index (κ2) is 4.26. The van der Waals surface area contributed by atoms with Gasteiger partial charge in [0.2, 0.25) is 0 Å². The molecule has 102 valence electrons. The number of hydrogen-bond acceptors (Lipinski definition) is 3. The Labute approximate surface area is 112 Å². The highest BCUT2D eigenvalue weighted by molar-refractivity contribution is 6.01. The van der Waals surface area contributed by atoms with Crippen molar-refractivity contribution in [3.8, 4) is 0 Å². The highest BCUT2D eigenvalue weighted by Gasteiger charge is 2.25. The van der Waals surface area contributed by atoms with Crippen LogP contribution >= 0.6 is 0 Å². The van der Waals surface area contributed by atoms with E-state index in [1.54, 1.807) is 12.1 Å². The zero-order valence-electron chi connectivity index (χ0n) is 11.9. The van der Waals surface area contributed by atoms with Crippen LogP contribution in [-0.4, -0.2) is 34.8 Å². The summed E-state index contributed by atoms with van der Waals surface area (Å²) in [5.41, 5.74) is 1.42. The van der Waals surface area contributed by atoms with Gasteiger partial charge in [-0.05, 0) is 12.1 Å². The van der Waals surface area contributed by atoms with Gasteiger partial charge in [0.25, 0.3) is 0 Å². The van der Waals surface area contributed by atoms with Crippen molar-refractivity contribution in [2.24, 2.45) is 0 Å². The van der Waals surface area contributed by atoms with Crippen LogP contribution in [0.25, 0.3) is 11.0 Å². The lowest BCUT2D eigenvalue weighted by molar-refractivity contribution is 0.0699. The standard InChI is InChI=1S/C14H19N3O2/c1-14(2,3)13-15-11-9(12(18)19)7-6-8-10(11)17(13)16(4)5/h6-8H,1-5H3,(H,18,19). The Balaban J connectivity index is 2.88. The second-order valence-electron chi connectivity index (χ2n) is 5.82. The number of hydrogen-bond donors (Lipinski definition) is 1. The lowest BCUT2D eigenvalue weighted by Gasteiger charge is -2.25. The summed E-state index contributed by atoms with van der Waals surface area (Å²) in [6.45, 7) is 6.19. The monoisotopic (exact) mass is 261 g/mol. The molecule has 0 bridgehead atoms.